The molecular formula is C43H38N4OPt. The van der Waals surface area contributed by atoms with Crippen molar-refractivity contribution in [3.63, 3.8) is 0 Å². The molecule has 0 bridgehead atoms. The molecule has 0 spiro atoms. The molecule has 0 saturated carbocycles. The van der Waals surface area contributed by atoms with Crippen molar-refractivity contribution in [1.82, 2.24) is 9.55 Å². The van der Waals surface area contributed by atoms with Crippen LogP contribution < -0.4 is 14.5 Å². The van der Waals surface area contributed by atoms with Crippen LogP contribution in [0.1, 0.15) is 37.5 Å². The van der Waals surface area contributed by atoms with Gasteiger partial charge in [0.25, 0.3) is 0 Å². The Morgan fingerprint density at radius 3 is 2.24 bits per heavy atom. The minimum atomic E-state index is -0.00683. The van der Waals surface area contributed by atoms with Gasteiger partial charge in [-0.2, -0.15) is 6.07 Å². The van der Waals surface area contributed by atoms with Gasteiger partial charge in [-0.15, -0.1) is 41.3 Å². The summed E-state index contributed by atoms with van der Waals surface area (Å²) in [5.74, 6) is 2.13. The van der Waals surface area contributed by atoms with E-state index < -0.39 is 0 Å². The van der Waals surface area contributed by atoms with Gasteiger partial charge in [0, 0.05) is 30.3 Å². The average molecular weight is 822 g/mol. The summed E-state index contributed by atoms with van der Waals surface area (Å²) in [4.78, 5) is 9.40. The minimum absolute atomic E-state index is 0. The maximum absolute atomic E-state index is 6.72. The van der Waals surface area contributed by atoms with Crippen LogP contribution >= 0.6 is 0 Å². The molecule has 0 aliphatic carbocycles. The summed E-state index contributed by atoms with van der Waals surface area (Å²) in [7, 11) is 2.13. The molecule has 6 heteroatoms. The molecule has 0 unspecified atom stereocenters. The normalized spacial score (nSPS) is 12.8. The smallest absolute Gasteiger partial charge is 0.509 e. The van der Waals surface area contributed by atoms with Gasteiger partial charge in [0.05, 0.1) is 18.0 Å². The number of hydrogen-bond acceptors (Lipinski definition) is 4. The van der Waals surface area contributed by atoms with Gasteiger partial charge in [-0.25, -0.2) is 4.98 Å². The maximum atomic E-state index is 6.72. The Morgan fingerprint density at radius 1 is 0.735 bits per heavy atom. The van der Waals surface area contributed by atoms with E-state index in [2.05, 4.69) is 165 Å². The molecule has 49 heavy (non-hydrogen) atoms. The summed E-state index contributed by atoms with van der Waals surface area (Å²) in [5, 5.41) is 2.26. The molecular weight excluding hydrogens is 784 g/mol. The van der Waals surface area contributed by atoms with E-state index in [1.54, 1.807) is 0 Å². The van der Waals surface area contributed by atoms with Gasteiger partial charge < -0.3 is 19.1 Å². The monoisotopic (exact) mass is 821 g/mol. The van der Waals surface area contributed by atoms with Gasteiger partial charge in [0.15, 0.2) is 0 Å². The Hall–Kier alpha value is -4.86. The van der Waals surface area contributed by atoms with E-state index in [4.69, 9.17) is 9.72 Å². The third-order valence-corrected chi connectivity index (χ3v) is 9.45. The molecule has 2 aromatic heterocycles. The Labute approximate surface area is 303 Å². The van der Waals surface area contributed by atoms with Crippen LogP contribution in [0.5, 0.6) is 11.5 Å². The SMILES string of the molecule is Cc1cccc(C)c1-c1cc(Oc2[c-]c3c(cc2)c2ccccc2n3-c2cc(C(C)(C)C)ccn2)[c-]c(N2CN(C)c3ccccc32)c1.[Pt+2]. The van der Waals surface area contributed by atoms with E-state index in [0.29, 0.717) is 11.5 Å². The fourth-order valence-electron chi connectivity index (χ4n) is 7.03. The summed E-state index contributed by atoms with van der Waals surface area (Å²) >= 11 is 0. The summed E-state index contributed by atoms with van der Waals surface area (Å²) < 4.78 is 8.92. The van der Waals surface area contributed by atoms with E-state index in [0.717, 1.165) is 51.2 Å². The van der Waals surface area contributed by atoms with Crippen molar-refractivity contribution < 1.29 is 25.8 Å². The number of pyridine rings is 1. The Bertz CT molecular complexity index is 2330. The average Bonchev–Trinajstić information content (AvgIpc) is 3.59. The number of para-hydroxylation sites is 3. The first kappa shape index (κ1) is 32.7. The summed E-state index contributed by atoms with van der Waals surface area (Å²) in [6.45, 7) is 11.7. The third kappa shape index (κ3) is 5.81. The molecule has 0 radical (unpaired) electrons. The van der Waals surface area contributed by atoms with E-state index in [-0.39, 0.29) is 26.5 Å². The largest absolute Gasteiger partial charge is 2.00 e. The van der Waals surface area contributed by atoms with Gasteiger partial charge in [0.2, 0.25) is 0 Å². The second-order valence-corrected chi connectivity index (χ2v) is 13.8. The molecule has 1 aliphatic heterocycles. The zero-order valence-corrected chi connectivity index (χ0v) is 30.9. The first-order valence-corrected chi connectivity index (χ1v) is 16.5. The van der Waals surface area contributed by atoms with Gasteiger partial charge >= 0.3 is 21.1 Å². The predicted octanol–water partition coefficient (Wildman–Crippen LogP) is 10.7. The molecule has 0 saturated heterocycles. The van der Waals surface area contributed by atoms with E-state index in [1.807, 2.05) is 12.3 Å². The molecule has 0 fully saturated rings. The Balaban J connectivity index is 0.00000378. The molecule has 0 N–H and O–H groups in total. The van der Waals surface area contributed by atoms with Crippen LogP contribution in [0.25, 0.3) is 38.8 Å². The zero-order chi connectivity index (χ0) is 33.2. The van der Waals surface area contributed by atoms with Crippen LogP contribution in [0.2, 0.25) is 0 Å². The van der Waals surface area contributed by atoms with Crippen molar-refractivity contribution in [3.8, 4) is 28.4 Å². The van der Waals surface area contributed by atoms with Gasteiger partial charge in [-0.3, -0.25) is 0 Å². The molecule has 5 nitrogen and oxygen atoms in total. The maximum Gasteiger partial charge on any atom is 2.00 e. The fraction of sp³-hybridized carbons (Fsp3) is 0.186. The fourth-order valence-corrected chi connectivity index (χ4v) is 7.03. The summed E-state index contributed by atoms with van der Waals surface area (Å²) in [6.07, 6.45) is 1.90. The molecule has 5 aromatic carbocycles. The number of anilines is 3. The number of ether oxygens (including phenoxy) is 1. The number of aromatic nitrogens is 2. The van der Waals surface area contributed by atoms with Gasteiger partial charge in [0.1, 0.15) is 5.82 Å². The first-order chi connectivity index (χ1) is 23.2. The predicted molar refractivity (Wildman–Crippen MR) is 198 cm³/mol. The van der Waals surface area contributed by atoms with Crippen molar-refractivity contribution in [1.29, 1.82) is 0 Å². The molecule has 8 rings (SSSR count). The van der Waals surface area contributed by atoms with Gasteiger partial charge in [-0.1, -0.05) is 80.5 Å². The number of benzene rings is 5. The molecule has 3 heterocycles. The van der Waals surface area contributed by atoms with E-state index in [9.17, 15) is 0 Å². The van der Waals surface area contributed by atoms with Crippen molar-refractivity contribution >= 4 is 38.9 Å². The van der Waals surface area contributed by atoms with Gasteiger partial charge in [-0.05, 0) is 77.2 Å². The standard InChI is InChI=1S/C43H38N4O.Pt/c1-28-12-11-13-29(2)42(28)30-22-32(46-27-45(6)38-16-9-10-17-39(38)46)25-34(23-30)48-33-18-19-36-35-14-7-8-15-37(35)47(40(36)26-33)41-24-31(20-21-44-41)43(3,4)5;/h7-24H,27H2,1-6H3;/q-2;+2. The number of rotatable bonds is 5. The minimum Gasteiger partial charge on any atom is -0.509 e. The quantitative estimate of drug-likeness (QED) is 0.162. The molecule has 0 amide bonds. The second kappa shape index (κ2) is 12.5. The van der Waals surface area contributed by atoms with E-state index in [1.165, 1.54) is 27.9 Å². The second-order valence-electron chi connectivity index (χ2n) is 13.8. The Morgan fingerprint density at radius 2 is 1.47 bits per heavy atom. The molecule has 1 aliphatic rings. The summed E-state index contributed by atoms with van der Waals surface area (Å²) in [6, 6.07) is 43.5. The summed E-state index contributed by atoms with van der Waals surface area (Å²) in [5.41, 5.74) is 11.3. The van der Waals surface area contributed by atoms with Crippen LogP contribution in [0.4, 0.5) is 17.1 Å². The topological polar surface area (TPSA) is 33.5 Å². The number of nitrogens with zero attached hydrogens (tertiary/aromatic N) is 4. The Kier molecular flexibility index (Phi) is 8.37. The number of hydrogen-bond donors (Lipinski definition) is 0. The number of fused-ring (bicyclic) bond motifs is 4. The van der Waals surface area contributed by atoms with Crippen LogP contribution in [-0.4, -0.2) is 23.3 Å². The van der Waals surface area contributed by atoms with Crippen LogP contribution in [0.15, 0.2) is 109 Å². The van der Waals surface area contributed by atoms with Crippen LogP contribution in [-0.2, 0) is 26.5 Å². The molecule has 7 aromatic rings. The van der Waals surface area contributed by atoms with Crippen molar-refractivity contribution in [2.24, 2.45) is 0 Å². The zero-order valence-electron chi connectivity index (χ0n) is 28.6. The number of aryl methyl sites for hydroxylation is 2. The van der Waals surface area contributed by atoms with Crippen LogP contribution in [0, 0.1) is 26.0 Å². The molecule has 246 valence electrons. The third-order valence-electron chi connectivity index (χ3n) is 9.45. The van der Waals surface area contributed by atoms with Crippen molar-refractivity contribution in [3.05, 3.63) is 138 Å². The van der Waals surface area contributed by atoms with E-state index >= 15 is 0 Å². The van der Waals surface area contributed by atoms with Crippen molar-refractivity contribution in [2.75, 3.05) is 23.5 Å². The van der Waals surface area contributed by atoms with Crippen molar-refractivity contribution in [2.45, 2.75) is 40.0 Å². The first-order valence-electron chi connectivity index (χ1n) is 16.5. The molecule has 0 atom stereocenters. The van der Waals surface area contributed by atoms with Crippen LogP contribution in [0.3, 0.4) is 0 Å².